The van der Waals surface area contributed by atoms with Crippen LogP contribution < -0.4 is 0 Å². The highest BCUT2D eigenvalue weighted by atomic mass is 19.1. The van der Waals surface area contributed by atoms with Gasteiger partial charge < -0.3 is 0 Å². The van der Waals surface area contributed by atoms with E-state index in [-0.39, 0.29) is 0 Å². The van der Waals surface area contributed by atoms with Gasteiger partial charge >= 0.3 is 0 Å². The minimum atomic E-state index is -0.467. The maximum atomic E-state index is 13.4. The Bertz CT molecular complexity index is 473. The number of benzene rings is 1. The number of carbonyl (C=O) groups excluding carboxylic acids is 1. The normalized spacial score (nSPS) is 15.4. The van der Waals surface area contributed by atoms with Gasteiger partial charge in [-0.25, -0.2) is 8.78 Å². The van der Waals surface area contributed by atoms with E-state index in [0.717, 1.165) is 62.5 Å². The number of ketones is 1. The first kappa shape index (κ1) is 18.8. The molecule has 0 atom stereocenters. The van der Waals surface area contributed by atoms with E-state index in [1.165, 1.54) is 6.07 Å². The van der Waals surface area contributed by atoms with E-state index in [2.05, 4.69) is 6.92 Å². The lowest BCUT2D eigenvalue weighted by atomic mass is 9.90. The molecular formula is C19H28F2O. The molecule has 1 saturated carbocycles. The second-order valence-corrected chi connectivity index (χ2v) is 6.25. The summed E-state index contributed by atoms with van der Waals surface area (Å²) in [5.41, 5.74) is 1.52. The minimum absolute atomic E-state index is 0.393. The quantitative estimate of drug-likeness (QED) is 0.704. The van der Waals surface area contributed by atoms with Crippen LogP contribution in [0.2, 0.25) is 0 Å². The largest absolute Gasteiger partial charge is 0.300 e. The molecule has 1 aliphatic rings. The number of hydrogen-bond acceptors (Lipinski definition) is 1. The van der Waals surface area contributed by atoms with E-state index < -0.39 is 11.6 Å². The van der Waals surface area contributed by atoms with Crippen LogP contribution in [0.15, 0.2) is 12.1 Å². The predicted molar refractivity (Wildman–Crippen MR) is 87.0 cm³/mol. The van der Waals surface area contributed by atoms with Gasteiger partial charge in [0.1, 0.15) is 17.4 Å². The van der Waals surface area contributed by atoms with E-state index >= 15 is 0 Å². The fraction of sp³-hybridized carbons (Fsp3) is 0.632. The lowest BCUT2D eigenvalue weighted by Gasteiger charge is -2.14. The molecule has 0 amide bonds. The third-order valence-corrected chi connectivity index (χ3v) is 4.10. The Morgan fingerprint density at radius 1 is 1.05 bits per heavy atom. The number of Topliss-reactive ketones (excluding diaryl/α,β-unsaturated/α-hetero) is 1. The summed E-state index contributed by atoms with van der Waals surface area (Å²) in [6.45, 7) is 6.23. The van der Waals surface area contributed by atoms with Crippen molar-refractivity contribution < 1.29 is 13.6 Å². The second-order valence-electron chi connectivity index (χ2n) is 6.25. The van der Waals surface area contributed by atoms with E-state index in [1.807, 2.05) is 13.8 Å². The third-order valence-electron chi connectivity index (χ3n) is 4.10. The van der Waals surface area contributed by atoms with Crippen molar-refractivity contribution in [1.29, 1.82) is 0 Å². The van der Waals surface area contributed by atoms with Crippen molar-refractivity contribution in [2.75, 3.05) is 0 Å². The van der Waals surface area contributed by atoms with Gasteiger partial charge in [-0.1, -0.05) is 33.6 Å². The van der Waals surface area contributed by atoms with E-state index in [9.17, 15) is 13.6 Å². The highest BCUT2D eigenvalue weighted by Crippen LogP contribution is 2.20. The summed E-state index contributed by atoms with van der Waals surface area (Å²) in [5.74, 6) is 0.400. The number of aryl methyl sites for hydroxylation is 1. The van der Waals surface area contributed by atoms with Crippen LogP contribution in [0.3, 0.4) is 0 Å². The van der Waals surface area contributed by atoms with Crippen LogP contribution in [0.1, 0.15) is 70.4 Å². The SMILES string of the molecule is CC1CCC(=O)CC1.CCCc1cc(F)cc(F)c1CCC. The van der Waals surface area contributed by atoms with Gasteiger partial charge in [-0.2, -0.15) is 0 Å². The Labute approximate surface area is 133 Å². The van der Waals surface area contributed by atoms with Crippen molar-refractivity contribution in [2.24, 2.45) is 5.92 Å². The van der Waals surface area contributed by atoms with Crippen molar-refractivity contribution in [3.8, 4) is 0 Å². The molecule has 0 bridgehead atoms. The first-order chi connectivity index (χ1) is 10.5. The molecule has 0 heterocycles. The fourth-order valence-corrected chi connectivity index (χ4v) is 2.76. The van der Waals surface area contributed by atoms with Gasteiger partial charge in [0.25, 0.3) is 0 Å². The maximum Gasteiger partial charge on any atom is 0.132 e. The average molecular weight is 310 g/mol. The Kier molecular flexibility index (Phi) is 8.29. The minimum Gasteiger partial charge on any atom is -0.300 e. The van der Waals surface area contributed by atoms with E-state index in [1.54, 1.807) is 0 Å². The molecule has 0 unspecified atom stereocenters. The number of hydrogen-bond donors (Lipinski definition) is 0. The molecule has 0 aromatic heterocycles. The molecule has 124 valence electrons. The van der Waals surface area contributed by atoms with Crippen LogP contribution >= 0.6 is 0 Å². The topological polar surface area (TPSA) is 17.1 Å². The Balaban J connectivity index is 0.000000255. The summed E-state index contributed by atoms with van der Waals surface area (Å²) >= 11 is 0. The molecule has 1 aromatic carbocycles. The summed E-state index contributed by atoms with van der Waals surface area (Å²) in [6, 6.07) is 2.43. The molecule has 3 heteroatoms. The molecule has 0 saturated heterocycles. The van der Waals surface area contributed by atoms with Gasteiger partial charge in [0.15, 0.2) is 0 Å². The maximum absolute atomic E-state index is 13.4. The fourth-order valence-electron chi connectivity index (χ4n) is 2.76. The molecule has 1 aliphatic carbocycles. The van der Waals surface area contributed by atoms with Gasteiger partial charge in [0, 0.05) is 18.9 Å². The third kappa shape index (κ3) is 6.25. The summed E-state index contributed by atoms with van der Waals surface area (Å²) in [4.78, 5) is 10.6. The molecule has 1 nitrogen and oxygen atoms in total. The van der Waals surface area contributed by atoms with Crippen molar-refractivity contribution in [3.63, 3.8) is 0 Å². The first-order valence-electron chi connectivity index (χ1n) is 8.46. The summed E-state index contributed by atoms with van der Waals surface area (Å²) in [6.07, 6.45) is 7.17. The standard InChI is InChI=1S/C12H16F2.C7H12O/c1-3-5-9-7-10(13)8-12(14)11(9)6-4-2;1-6-2-4-7(8)5-3-6/h7-8H,3-6H2,1-2H3;6H,2-5H2,1H3. The molecule has 1 fully saturated rings. The van der Waals surface area contributed by atoms with Gasteiger partial charge in [-0.3, -0.25) is 4.79 Å². The van der Waals surface area contributed by atoms with Crippen molar-refractivity contribution >= 4 is 5.78 Å². The van der Waals surface area contributed by atoms with Crippen LogP contribution in [-0.2, 0) is 17.6 Å². The number of carbonyl (C=O) groups is 1. The smallest absolute Gasteiger partial charge is 0.132 e. The zero-order chi connectivity index (χ0) is 16.5. The molecule has 1 aromatic rings. The summed E-state index contributed by atoms with van der Waals surface area (Å²) < 4.78 is 26.3. The summed E-state index contributed by atoms with van der Waals surface area (Å²) in [5, 5.41) is 0. The molecule has 2 rings (SSSR count). The monoisotopic (exact) mass is 310 g/mol. The Morgan fingerprint density at radius 3 is 2.14 bits per heavy atom. The zero-order valence-electron chi connectivity index (χ0n) is 14.1. The molecule has 22 heavy (non-hydrogen) atoms. The summed E-state index contributed by atoms with van der Waals surface area (Å²) in [7, 11) is 0. The van der Waals surface area contributed by atoms with Crippen LogP contribution in [0, 0.1) is 17.6 Å². The molecule has 0 aliphatic heterocycles. The van der Waals surface area contributed by atoms with Gasteiger partial charge in [-0.15, -0.1) is 0 Å². The molecule has 0 spiro atoms. The van der Waals surface area contributed by atoms with Crippen LogP contribution in [-0.4, -0.2) is 5.78 Å². The van der Waals surface area contributed by atoms with E-state index in [0.29, 0.717) is 17.8 Å². The van der Waals surface area contributed by atoms with Gasteiger partial charge in [0.05, 0.1) is 0 Å². The molecule has 0 N–H and O–H groups in total. The molecule has 0 radical (unpaired) electrons. The highest BCUT2D eigenvalue weighted by molar-refractivity contribution is 5.78. The van der Waals surface area contributed by atoms with Crippen LogP contribution in [0.5, 0.6) is 0 Å². The van der Waals surface area contributed by atoms with Crippen molar-refractivity contribution in [1.82, 2.24) is 0 Å². The van der Waals surface area contributed by atoms with Crippen LogP contribution in [0.25, 0.3) is 0 Å². The average Bonchev–Trinajstić information content (AvgIpc) is 2.47. The Hall–Kier alpha value is -1.25. The van der Waals surface area contributed by atoms with E-state index in [4.69, 9.17) is 0 Å². The van der Waals surface area contributed by atoms with Crippen molar-refractivity contribution in [3.05, 3.63) is 34.9 Å². The molecular weight excluding hydrogens is 282 g/mol. The number of rotatable bonds is 4. The first-order valence-corrected chi connectivity index (χ1v) is 8.46. The van der Waals surface area contributed by atoms with Crippen molar-refractivity contribution in [2.45, 2.75) is 72.1 Å². The Morgan fingerprint density at radius 2 is 1.64 bits per heavy atom. The second kappa shape index (κ2) is 9.70. The number of halogens is 2. The lowest BCUT2D eigenvalue weighted by molar-refractivity contribution is -0.120. The zero-order valence-corrected chi connectivity index (χ0v) is 14.1. The lowest BCUT2D eigenvalue weighted by Crippen LogP contribution is -2.10. The van der Waals surface area contributed by atoms with Gasteiger partial charge in [-0.05, 0) is 48.8 Å². The van der Waals surface area contributed by atoms with Gasteiger partial charge in [0.2, 0.25) is 0 Å². The highest BCUT2D eigenvalue weighted by Gasteiger charge is 2.13. The predicted octanol–water partition coefficient (Wildman–Crippen LogP) is 5.64. The van der Waals surface area contributed by atoms with Crippen LogP contribution in [0.4, 0.5) is 8.78 Å².